The Morgan fingerprint density at radius 1 is 0.862 bits per heavy atom. The van der Waals surface area contributed by atoms with Crippen molar-refractivity contribution in [2.24, 2.45) is 0 Å². The van der Waals surface area contributed by atoms with E-state index in [9.17, 15) is 4.79 Å². The number of benzene rings is 3. The van der Waals surface area contributed by atoms with E-state index in [0.717, 1.165) is 34.5 Å². The van der Waals surface area contributed by atoms with E-state index in [1.165, 1.54) is 7.11 Å². The number of carbonyl (C=O) groups is 1. The van der Waals surface area contributed by atoms with E-state index in [0.29, 0.717) is 5.75 Å². The van der Waals surface area contributed by atoms with Crippen LogP contribution in [0.1, 0.15) is 22.6 Å². The first kappa shape index (κ1) is 20.0. The average Bonchev–Trinajstić information content (AvgIpc) is 2.74. The van der Waals surface area contributed by atoms with Crippen LogP contribution in [0.5, 0.6) is 5.75 Å². The van der Waals surface area contributed by atoms with Crippen molar-refractivity contribution < 1.29 is 14.3 Å². The van der Waals surface area contributed by atoms with Gasteiger partial charge in [-0.2, -0.15) is 0 Å². The van der Waals surface area contributed by atoms with E-state index in [4.69, 9.17) is 20.9 Å². The summed E-state index contributed by atoms with van der Waals surface area (Å²) in [5.74, 6) is -0.0749. The first-order valence-corrected chi connectivity index (χ1v) is 9.21. The van der Waals surface area contributed by atoms with E-state index < -0.39 is 5.97 Å². The third-order valence-corrected chi connectivity index (χ3v) is 4.73. The van der Waals surface area contributed by atoms with Crippen LogP contribution in [0.15, 0.2) is 85.1 Å². The van der Waals surface area contributed by atoms with E-state index in [-0.39, 0.29) is 11.7 Å². The molecule has 0 atom stereocenters. The fourth-order valence-electron chi connectivity index (χ4n) is 3.06. The van der Waals surface area contributed by atoms with Crippen LogP contribution >= 0.6 is 0 Å². The van der Waals surface area contributed by atoms with Gasteiger partial charge in [-0.3, -0.25) is 0 Å². The summed E-state index contributed by atoms with van der Waals surface area (Å²) in [5.41, 5.74) is 16.6. The minimum Gasteiger partial charge on any atom is -0.490 e. The molecule has 0 aliphatic rings. The molecule has 0 aliphatic carbocycles. The van der Waals surface area contributed by atoms with Crippen molar-refractivity contribution in [2.45, 2.75) is 12.3 Å². The Balaban J connectivity index is 1.82. The molecule has 0 saturated carbocycles. The standard InChI is InChI=1S/C24H24N2O3/c1-16(28-2)24(27)29-22-13-3-17(4-14-22)15-23(18-5-9-20(25)10-6-18)19-7-11-21(26)12-8-19/h3-14,23H,1,15,25-26H2,2H3. The summed E-state index contributed by atoms with van der Waals surface area (Å²) in [4.78, 5) is 11.8. The molecule has 5 nitrogen and oxygen atoms in total. The molecule has 0 bridgehead atoms. The Morgan fingerprint density at radius 3 is 1.79 bits per heavy atom. The molecule has 3 aromatic carbocycles. The predicted octanol–water partition coefficient (Wildman–Crippen LogP) is 4.29. The lowest BCUT2D eigenvalue weighted by Gasteiger charge is -2.19. The number of esters is 1. The topological polar surface area (TPSA) is 87.6 Å². The number of nitrogen functional groups attached to an aromatic ring is 2. The van der Waals surface area contributed by atoms with Gasteiger partial charge in [-0.15, -0.1) is 0 Å². The monoisotopic (exact) mass is 388 g/mol. The molecule has 4 N–H and O–H groups in total. The quantitative estimate of drug-likeness (QED) is 0.207. The molecule has 0 fully saturated rings. The zero-order chi connectivity index (χ0) is 20.8. The normalized spacial score (nSPS) is 10.6. The number of nitrogens with two attached hydrogens (primary N) is 2. The molecule has 0 heterocycles. The molecule has 0 radical (unpaired) electrons. The molecule has 0 aromatic heterocycles. The second-order valence-corrected chi connectivity index (χ2v) is 6.75. The minimum atomic E-state index is -0.609. The summed E-state index contributed by atoms with van der Waals surface area (Å²) in [6.45, 7) is 3.49. The number of ether oxygens (including phenoxy) is 2. The summed E-state index contributed by atoms with van der Waals surface area (Å²) in [6, 6.07) is 23.2. The molecule has 0 spiro atoms. The molecule has 5 heteroatoms. The first-order chi connectivity index (χ1) is 14.0. The molecule has 29 heavy (non-hydrogen) atoms. The van der Waals surface area contributed by atoms with Crippen LogP contribution in [0, 0.1) is 0 Å². The van der Waals surface area contributed by atoms with Crippen LogP contribution in [0.2, 0.25) is 0 Å². The van der Waals surface area contributed by atoms with Crippen LogP contribution in [0.3, 0.4) is 0 Å². The maximum atomic E-state index is 11.8. The Morgan fingerprint density at radius 2 is 1.34 bits per heavy atom. The van der Waals surface area contributed by atoms with Crippen molar-refractivity contribution in [3.05, 3.63) is 102 Å². The molecule has 0 amide bonds. The maximum Gasteiger partial charge on any atom is 0.378 e. The van der Waals surface area contributed by atoms with E-state index in [2.05, 4.69) is 6.58 Å². The highest BCUT2D eigenvalue weighted by Gasteiger charge is 2.16. The van der Waals surface area contributed by atoms with E-state index in [1.54, 1.807) is 12.1 Å². The lowest BCUT2D eigenvalue weighted by atomic mass is 9.86. The van der Waals surface area contributed by atoms with Crippen molar-refractivity contribution in [3.63, 3.8) is 0 Å². The Hall–Kier alpha value is -3.73. The molecule has 3 rings (SSSR count). The van der Waals surface area contributed by atoms with Gasteiger partial charge >= 0.3 is 5.97 Å². The van der Waals surface area contributed by atoms with Gasteiger partial charge in [0, 0.05) is 17.3 Å². The summed E-state index contributed by atoms with van der Waals surface area (Å²) in [6.07, 6.45) is 0.771. The molecular weight excluding hydrogens is 364 g/mol. The average molecular weight is 388 g/mol. The Bertz CT molecular complexity index is 933. The Kier molecular flexibility index (Phi) is 6.19. The van der Waals surface area contributed by atoms with E-state index >= 15 is 0 Å². The smallest absolute Gasteiger partial charge is 0.378 e. The first-order valence-electron chi connectivity index (χ1n) is 9.21. The highest BCUT2D eigenvalue weighted by Crippen LogP contribution is 2.30. The fourth-order valence-corrected chi connectivity index (χ4v) is 3.06. The SMILES string of the molecule is C=C(OC)C(=O)Oc1ccc(CC(c2ccc(N)cc2)c2ccc(N)cc2)cc1. The van der Waals surface area contributed by atoms with Crippen LogP contribution in [0.25, 0.3) is 0 Å². The lowest BCUT2D eigenvalue weighted by molar-refractivity contribution is -0.133. The molecule has 0 saturated heterocycles. The summed E-state index contributed by atoms with van der Waals surface area (Å²) < 4.78 is 10.0. The number of rotatable bonds is 7. The largest absolute Gasteiger partial charge is 0.490 e. The predicted molar refractivity (Wildman–Crippen MR) is 115 cm³/mol. The summed E-state index contributed by atoms with van der Waals surface area (Å²) in [5, 5.41) is 0. The number of hydrogen-bond acceptors (Lipinski definition) is 5. The summed E-state index contributed by atoms with van der Waals surface area (Å²) >= 11 is 0. The van der Waals surface area contributed by atoms with Crippen molar-refractivity contribution in [1.82, 2.24) is 0 Å². The highest BCUT2D eigenvalue weighted by atomic mass is 16.6. The van der Waals surface area contributed by atoms with Gasteiger partial charge in [-0.05, 0) is 66.1 Å². The molecule has 148 valence electrons. The van der Waals surface area contributed by atoms with Crippen molar-refractivity contribution in [2.75, 3.05) is 18.6 Å². The second kappa shape index (κ2) is 8.97. The van der Waals surface area contributed by atoms with Gasteiger partial charge in [0.05, 0.1) is 7.11 Å². The van der Waals surface area contributed by atoms with E-state index in [1.807, 2.05) is 60.7 Å². The highest BCUT2D eigenvalue weighted by molar-refractivity contribution is 5.87. The third-order valence-electron chi connectivity index (χ3n) is 4.73. The second-order valence-electron chi connectivity index (χ2n) is 6.75. The van der Waals surface area contributed by atoms with Crippen LogP contribution in [-0.4, -0.2) is 13.1 Å². The zero-order valence-corrected chi connectivity index (χ0v) is 16.3. The maximum absolute atomic E-state index is 11.8. The van der Waals surface area contributed by atoms with Crippen LogP contribution in [-0.2, 0) is 16.0 Å². The lowest BCUT2D eigenvalue weighted by Crippen LogP contribution is -2.11. The van der Waals surface area contributed by atoms with Gasteiger partial charge in [0.25, 0.3) is 0 Å². The number of carbonyl (C=O) groups excluding carboxylic acids is 1. The number of methoxy groups -OCH3 is 1. The van der Waals surface area contributed by atoms with Crippen molar-refractivity contribution in [3.8, 4) is 5.75 Å². The third kappa shape index (κ3) is 5.17. The van der Waals surface area contributed by atoms with Crippen molar-refractivity contribution in [1.29, 1.82) is 0 Å². The Labute approximate surface area is 170 Å². The summed E-state index contributed by atoms with van der Waals surface area (Å²) in [7, 11) is 1.38. The zero-order valence-electron chi connectivity index (χ0n) is 16.3. The number of anilines is 2. The van der Waals surface area contributed by atoms with Gasteiger partial charge < -0.3 is 20.9 Å². The van der Waals surface area contributed by atoms with Gasteiger partial charge in [0.15, 0.2) is 5.76 Å². The van der Waals surface area contributed by atoms with Crippen LogP contribution < -0.4 is 16.2 Å². The van der Waals surface area contributed by atoms with Crippen LogP contribution in [0.4, 0.5) is 11.4 Å². The fraction of sp³-hybridized carbons (Fsp3) is 0.125. The van der Waals surface area contributed by atoms with Gasteiger partial charge in [0.2, 0.25) is 0 Å². The van der Waals surface area contributed by atoms with Gasteiger partial charge in [-0.25, -0.2) is 4.79 Å². The van der Waals surface area contributed by atoms with Gasteiger partial charge in [0.1, 0.15) is 5.75 Å². The molecule has 0 unspecified atom stereocenters. The molecular formula is C24H24N2O3. The molecule has 3 aromatic rings. The molecule has 0 aliphatic heterocycles. The minimum absolute atomic E-state index is 0.0409. The van der Waals surface area contributed by atoms with Gasteiger partial charge in [-0.1, -0.05) is 36.4 Å². The van der Waals surface area contributed by atoms with Crippen molar-refractivity contribution >= 4 is 17.3 Å². The number of hydrogen-bond donors (Lipinski definition) is 2.